The van der Waals surface area contributed by atoms with Crippen molar-refractivity contribution in [2.45, 2.75) is 83.4 Å². The van der Waals surface area contributed by atoms with Gasteiger partial charge >= 0.3 is 11.9 Å². The highest BCUT2D eigenvalue weighted by Gasteiger charge is 2.77. The molecule has 3 fully saturated rings. The number of esters is 2. The third-order valence-electron chi connectivity index (χ3n) is 11.6. The standard InChI is InChI=1S/C29H56O9P20/c1-15-19(37-51(57(49)54(43)44)58(55(45)46)56(47)48)13-29(33)24(35-25(32)17-9-7-6-8-10-17)23-27(5,12-18(31)22(15)26(29,3)4)20(38-50(52(39)40)53(41)42)11-21-28(23,14-34-21)36-16(2)30/h6-10,20-24,33H,11-14,39-49H2,1-5H3/t20-,21+,22?,23-,24-,27+,28-,29?,51?,57?/m0/s1. The van der Waals surface area contributed by atoms with Crippen molar-refractivity contribution in [1.29, 1.82) is 0 Å². The van der Waals surface area contributed by atoms with E-state index in [1.165, 1.54) is 6.92 Å². The van der Waals surface area contributed by atoms with E-state index < -0.39 is 128 Å². The van der Waals surface area contributed by atoms with Crippen LogP contribution < -0.4 is 0 Å². The van der Waals surface area contributed by atoms with E-state index in [1.54, 1.807) is 24.3 Å². The normalized spacial score (nSPS) is 33.2. The maximum Gasteiger partial charge on any atom is 0.338 e. The van der Waals surface area contributed by atoms with Crippen molar-refractivity contribution in [3.63, 3.8) is 0 Å². The highest BCUT2D eigenvalue weighted by Crippen LogP contribution is 3.18. The first-order valence-corrected chi connectivity index (χ1v) is 52.3. The van der Waals surface area contributed by atoms with Crippen LogP contribution in [0.4, 0.5) is 0 Å². The molecule has 2 saturated carbocycles. The molecule has 1 heterocycles. The van der Waals surface area contributed by atoms with Gasteiger partial charge in [-0.2, -0.15) is 0 Å². The number of Topliss-reactive ketones (excluding diaryl/α,β-unsaturated/α-hetero) is 1. The molecule has 0 amide bonds. The average molecular weight is 1170 g/mol. The summed E-state index contributed by atoms with van der Waals surface area (Å²) in [5.41, 5.74) is -4.27. The molecule has 3 aliphatic carbocycles. The van der Waals surface area contributed by atoms with E-state index in [9.17, 15) is 14.7 Å². The molecule has 2 bridgehead atoms. The molecule has 0 radical (unpaired) electrons. The molecule has 1 aromatic rings. The van der Waals surface area contributed by atoms with Crippen molar-refractivity contribution in [3.8, 4) is 0 Å². The van der Waals surface area contributed by atoms with E-state index in [-0.39, 0.29) is 25.2 Å². The van der Waals surface area contributed by atoms with Crippen LogP contribution in [0.2, 0.25) is 0 Å². The summed E-state index contributed by atoms with van der Waals surface area (Å²) in [5, 5.41) is 14.0. The van der Waals surface area contributed by atoms with Crippen molar-refractivity contribution in [2.75, 3.05) is 6.61 Å². The van der Waals surface area contributed by atoms with Crippen LogP contribution in [-0.2, 0) is 32.8 Å². The Labute approximate surface area is 379 Å². The minimum atomic E-state index is -1.88. The quantitative estimate of drug-likeness (QED) is 0.144. The van der Waals surface area contributed by atoms with Gasteiger partial charge in [0.25, 0.3) is 0 Å². The number of benzene rings is 1. The summed E-state index contributed by atoms with van der Waals surface area (Å²) in [6.45, 7) is 5.01. The first-order chi connectivity index (χ1) is 26.8. The number of hydrogen-bond donors (Lipinski definition) is 1. The Morgan fingerprint density at radius 2 is 1.43 bits per heavy atom. The minimum Gasteiger partial charge on any atom is -0.468 e. The van der Waals surface area contributed by atoms with Crippen molar-refractivity contribution >= 4 is 180 Å². The highest BCUT2D eigenvalue weighted by molar-refractivity contribution is 9.19. The van der Waals surface area contributed by atoms with Gasteiger partial charge in [0.2, 0.25) is 0 Å². The molecule has 5 rings (SSSR count). The zero-order valence-electron chi connectivity index (χ0n) is 32.7. The third kappa shape index (κ3) is 11.1. The van der Waals surface area contributed by atoms with Crippen LogP contribution in [0.5, 0.6) is 0 Å². The summed E-state index contributed by atoms with van der Waals surface area (Å²) in [7, 11) is 30.8. The SMILES string of the molecule is CC(=O)O[C@@]12CO[C@@H]1C[C@H](OP(P(P)P)P(P)P)[C@@]1(C)CC(=O)C3C(C)=C(OP(P(P)P(P)P)P(P(P)P)P(P)P)CC(O)([C@@H](OC(=O)c4ccccc4)[C@@H]12)C3(C)C. The number of allylic oxidation sites excluding steroid dienone is 1. The molecule has 1 saturated heterocycles. The van der Waals surface area contributed by atoms with Crippen LogP contribution in [0, 0.1) is 22.7 Å². The fourth-order valence-corrected chi connectivity index (χ4v) is 137. The summed E-state index contributed by atoms with van der Waals surface area (Å²) < 4.78 is 34.2. The molecule has 326 valence electrons. The Morgan fingerprint density at radius 1 is 0.845 bits per heavy atom. The third-order valence-corrected chi connectivity index (χ3v) is 105. The van der Waals surface area contributed by atoms with Gasteiger partial charge in [-0.15, -0.1) is 89.3 Å². The van der Waals surface area contributed by atoms with Crippen LogP contribution in [0.15, 0.2) is 41.7 Å². The van der Waals surface area contributed by atoms with Gasteiger partial charge in [0.05, 0.1) is 31.7 Å². The molecule has 4 aliphatic rings. The van der Waals surface area contributed by atoms with Gasteiger partial charge < -0.3 is 28.4 Å². The number of fused-ring (bicyclic) bond motifs is 5. The lowest BCUT2D eigenvalue weighted by atomic mass is 9.44. The van der Waals surface area contributed by atoms with Gasteiger partial charge in [-0.25, -0.2) is 4.79 Å². The second-order valence-corrected chi connectivity index (χ2v) is 87.8. The molecule has 15 unspecified atom stereocenters. The maximum atomic E-state index is 15.5. The summed E-state index contributed by atoms with van der Waals surface area (Å²) in [5.74, 6) is -2.26. The number of ketones is 1. The largest absolute Gasteiger partial charge is 0.468 e. The van der Waals surface area contributed by atoms with Gasteiger partial charge in [-0.05, 0) is 59.6 Å². The molecule has 58 heavy (non-hydrogen) atoms. The van der Waals surface area contributed by atoms with E-state index in [1.807, 2.05) is 33.8 Å². The predicted molar refractivity (Wildman–Crippen MR) is 300 cm³/mol. The summed E-state index contributed by atoms with van der Waals surface area (Å²) in [4.78, 5) is 43.3. The summed E-state index contributed by atoms with van der Waals surface area (Å²) >= 11 is 0. The lowest BCUT2D eigenvalue weighted by Crippen LogP contribution is -2.80. The first-order valence-electron chi connectivity index (χ1n) is 17.6. The van der Waals surface area contributed by atoms with Gasteiger partial charge in [-0.1, -0.05) is 47.9 Å². The van der Waals surface area contributed by atoms with Crippen molar-refractivity contribution in [3.05, 3.63) is 47.2 Å². The minimum absolute atomic E-state index is 0.00138. The van der Waals surface area contributed by atoms with Crippen LogP contribution in [0.1, 0.15) is 64.2 Å². The molecule has 1 aromatic carbocycles. The molecule has 29 heteroatoms. The van der Waals surface area contributed by atoms with Crippen LogP contribution in [0.25, 0.3) is 0 Å². The fraction of sp³-hybridized carbons (Fsp3) is 0.621. The zero-order chi connectivity index (χ0) is 43.4. The Morgan fingerprint density at radius 3 is 1.91 bits per heavy atom. The van der Waals surface area contributed by atoms with E-state index in [0.717, 1.165) is 5.57 Å². The second-order valence-electron chi connectivity index (χ2n) is 15.4. The van der Waals surface area contributed by atoms with Gasteiger partial charge in [0, 0.05) is 56.9 Å². The zero-order valence-corrected chi connectivity index (χ0v) is 53.4. The molecular weight excluding hydrogens is 1110 g/mol. The monoisotopic (exact) mass is 1170 g/mol. The van der Waals surface area contributed by atoms with Crippen LogP contribution in [0.3, 0.4) is 0 Å². The second kappa shape index (κ2) is 22.3. The number of hydrogen-bond acceptors (Lipinski definition) is 9. The smallest absolute Gasteiger partial charge is 0.338 e. The van der Waals surface area contributed by atoms with Gasteiger partial charge in [-0.3, -0.25) is 9.59 Å². The van der Waals surface area contributed by atoms with Crippen LogP contribution >= 0.6 is 162 Å². The van der Waals surface area contributed by atoms with E-state index in [2.05, 4.69) is 98.2 Å². The molecule has 9 nitrogen and oxygen atoms in total. The number of rotatable bonds is 14. The topological polar surface area (TPSA) is 118 Å². The molecule has 1 aliphatic heterocycles. The van der Waals surface area contributed by atoms with Crippen LogP contribution in [-0.4, -0.2) is 58.9 Å². The highest BCUT2D eigenvalue weighted by atomic mass is 33.2. The Balaban J connectivity index is 1.81. The Kier molecular flexibility index (Phi) is 21.1. The maximum absolute atomic E-state index is 15.5. The lowest BCUT2D eigenvalue weighted by Gasteiger charge is -2.68. The molecular formula is C29H56O9P20. The number of carbonyl (C=O) groups is 3. The molecule has 1 N–H and O–H groups in total. The van der Waals surface area contributed by atoms with Crippen molar-refractivity contribution in [2.24, 2.45) is 22.7 Å². The number of carbonyl (C=O) groups excluding carboxylic acids is 3. The van der Waals surface area contributed by atoms with Crippen molar-refractivity contribution < 1.29 is 42.7 Å². The summed E-state index contributed by atoms with van der Waals surface area (Å²) in [6.07, 6.45) is -2.03. The predicted octanol–water partition coefficient (Wildman–Crippen LogP) is 14.6. The Bertz CT molecular complexity index is 1710. The van der Waals surface area contributed by atoms with Crippen molar-refractivity contribution in [1.82, 2.24) is 0 Å². The van der Waals surface area contributed by atoms with Gasteiger partial charge in [0.1, 0.15) is 29.4 Å². The number of aliphatic hydroxyl groups is 1. The van der Waals surface area contributed by atoms with E-state index >= 15 is 4.79 Å². The Hall–Kier alpha value is 5.85. The molecule has 21 atom stereocenters. The summed E-state index contributed by atoms with van der Waals surface area (Å²) in [6, 6.07) is 8.76. The fourth-order valence-electron chi connectivity index (χ4n) is 9.00. The van der Waals surface area contributed by atoms with E-state index in [0.29, 0.717) is 17.7 Å². The van der Waals surface area contributed by atoms with E-state index in [4.69, 9.17) is 23.3 Å². The van der Waals surface area contributed by atoms with Gasteiger partial charge in [0.15, 0.2) is 13.1 Å². The lowest BCUT2D eigenvalue weighted by molar-refractivity contribution is -0.349. The molecule has 0 aromatic heterocycles. The average Bonchev–Trinajstić information content (AvgIpc) is 3.10. The molecule has 0 spiro atoms. The first kappa shape index (κ1) is 54.8. The number of ether oxygens (including phenoxy) is 3.